The van der Waals surface area contributed by atoms with Crippen molar-refractivity contribution in [3.63, 3.8) is 0 Å². The van der Waals surface area contributed by atoms with Crippen molar-refractivity contribution in [3.8, 4) is 0 Å². The summed E-state index contributed by atoms with van der Waals surface area (Å²) in [4.78, 5) is 14.4. The van der Waals surface area contributed by atoms with Crippen molar-refractivity contribution in [2.45, 2.75) is 203 Å². The van der Waals surface area contributed by atoms with E-state index in [1.165, 1.54) is 19.3 Å². The van der Waals surface area contributed by atoms with Crippen molar-refractivity contribution < 1.29 is 67.5 Å². The van der Waals surface area contributed by atoms with Crippen LogP contribution in [0.4, 0.5) is 0 Å². The van der Waals surface area contributed by atoms with Crippen LogP contribution in [0.3, 0.4) is 0 Å². The normalized spacial score (nSPS) is 47.1. The fraction of sp³-hybridized carbons (Fsp3) is 0.780. The lowest BCUT2D eigenvalue weighted by molar-refractivity contribution is -0.318. The Kier molecular flexibility index (Phi) is 15.1. The number of methoxy groups -OCH3 is 2. The van der Waals surface area contributed by atoms with Gasteiger partial charge in [-0.1, -0.05) is 69.6 Å². The molecule has 19 atom stereocenters. The monoisotopic (exact) mass is 899 g/mol. The Morgan fingerprint density at radius 1 is 0.812 bits per heavy atom. The highest BCUT2D eigenvalue weighted by Gasteiger charge is 2.60. The molecule has 1 saturated carbocycles. The zero-order valence-corrected chi connectivity index (χ0v) is 39.0. The minimum atomic E-state index is -1.83. The minimum Gasteiger partial charge on any atom is -0.462 e. The Morgan fingerprint density at radius 3 is 2.28 bits per heavy atom. The van der Waals surface area contributed by atoms with E-state index in [0.717, 1.165) is 18.4 Å². The van der Waals surface area contributed by atoms with Gasteiger partial charge in [0.2, 0.25) is 0 Å². The standard InChI is InChI=1S/C50H74O14/c1-27-13-12-16-34-26-57-47-42(51)30(4)21-37(50(34,47)54)48(53)60-36-22-35(63-49(25-36)20-19-29(3)45(64-49)33-14-10-9-11-15-33)18-17-28(2)44(27)61-41-24-39(56-8)46(32(6)59-41)62-40-23-38(55-7)43(52)31(5)58-40/h12-13,16-17,19-21,27,29,31-33,35-47,51-52,54H,9-11,14-15,18,22-26H2,1-8H3/t27-,29-,31-,32-,35-,36-,37-,38+,39-,40-,41+,42-,43-,44-,45+,46+,47-,49+,50-/m0/s1. The number of aliphatic hydroxyl groups is 3. The van der Waals surface area contributed by atoms with E-state index in [-0.39, 0.29) is 36.8 Å². The van der Waals surface area contributed by atoms with Gasteiger partial charge in [0, 0.05) is 51.7 Å². The fourth-order valence-electron chi connectivity index (χ4n) is 11.7. The van der Waals surface area contributed by atoms with Gasteiger partial charge in [-0.3, -0.25) is 4.79 Å². The van der Waals surface area contributed by atoms with Gasteiger partial charge in [0.05, 0.1) is 49.3 Å². The first kappa shape index (κ1) is 48.2. The Bertz CT molecular complexity index is 1790. The van der Waals surface area contributed by atoms with E-state index >= 15 is 0 Å². The molecule has 1 spiro atoms. The van der Waals surface area contributed by atoms with Gasteiger partial charge in [-0.2, -0.15) is 0 Å². The molecule has 0 aromatic heterocycles. The lowest BCUT2D eigenvalue weighted by Gasteiger charge is -2.49. The van der Waals surface area contributed by atoms with Crippen LogP contribution in [0.5, 0.6) is 0 Å². The van der Waals surface area contributed by atoms with E-state index in [1.807, 2.05) is 25.2 Å². The van der Waals surface area contributed by atoms with Crippen molar-refractivity contribution in [2.24, 2.45) is 23.7 Å². The molecule has 2 aliphatic carbocycles. The zero-order chi connectivity index (χ0) is 45.5. The van der Waals surface area contributed by atoms with Crippen LogP contribution in [-0.4, -0.2) is 139 Å². The number of aliphatic hydroxyl groups excluding tert-OH is 2. The minimum absolute atomic E-state index is 0.0242. The molecule has 8 aliphatic rings. The third kappa shape index (κ3) is 9.82. The van der Waals surface area contributed by atoms with Crippen molar-refractivity contribution in [3.05, 3.63) is 59.3 Å². The maximum absolute atomic E-state index is 14.4. The first-order valence-electron chi connectivity index (χ1n) is 24.0. The number of carbonyl (C=O) groups is 1. The van der Waals surface area contributed by atoms with Gasteiger partial charge < -0.3 is 62.7 Å². The number of carbonyl (C=O) groups excluding carboxylic acids is 1. The van der Waals surface area contributed by atoms with E-state index in [0.29, 0.717) is 49.2 Å². The van der Waals surface area contributed by atoms with Gasteiger partial charge in [-0.15, -0.1) is 0 Å². The number of fused-ring (bicyclic) bond motifs is 2. The maximum atomic E-state index is 14.4. The van der Waals surface area contributed by atoms with Crippen molar-refractivity contribution in [2.75, 3.05) is 20.8 Å². The van der Waals surface area contributed by atoms with Gasteiger partial charge in [0.1, 0.15) is 42.0 Å². The summed E-state index contributed by atoms with van der Waals surface area (Å²) in [5.41, 5.74) is 0.166. The molecule has 0 amide bonds. The van der Waals surface area contributed by atoms with E-state index in [1.54, 1.807) is 40.2 Å². The fourth-order valence-corrected chi connectivity index (χ4v) is 11.7. The summed E-state index contributed by atoms with van der Waals surface area (Å²) in [5, 5.41) is 34.3. The predicted molar refractivity (Wildman–Crippen MR) is 234 cm³/mol. The van der Waals surface area contributed by atoms with Gasteiger partial charge in [0.25, 0.3) is 0 Å². The molecule has 6 heterocycles. The van der Waals surface area contributed by atoms with E-state index in [2.05, 4.69) is 32.9 Å². The number of hydrogen-bond donors (Lipinski definition) is 3. The van der Waals surface area contributed by atoms with Crippen molar-refractivity contribution in [1.82, 2.24) is 0 Å². The molecule has 0 aromatic rings. The van der Waals surface area contributed by atoms with E-state index in [9.17, 15) is 20.1 Å². The van der Waals surface area contributed by atoms with Crippen LogP contribution in [0.15, 0.2) is 59.3 Å². The summed E-state index contributed by atoms with van der Waals surface area (Å²) in [6, 6.07) is 0. The Labute approximate surface area is 379 Å². The maximum Gasteiger partial charge on any atom is 0.316 e. The van der Waals surface area contributed by atoms with Gasteiger partial charge in [-0.05, 0) is 75.7 Å². The van der Waals surface area contributed by atoms with Crippen LogP contribution >= 0.6 is 0 Å². The molecular formula is C50H74O14. The van der Waals surface area contributed by atoms with Crippen molar-refractivity contribution >= 4 is 5.97 Å². The highest BCUT2D eigenvalue weighted by Crippen LogP contribution is 2.48. The van der Waals surface area contributed by atoms with Crippen LogP contribution in [0, 0.1) is 23.7 Å². The Morgan fingerprint density at radius 2 is 1.53 bits per heavy atom. The smallest absolute Gasteiger partial charge is 0.316 e. The molecule has 358 valence electrons. The van der Waals surface area contributed by atoms with Crippen LogP contribution in [-0.2, 0) is 52.2 Å². The largest absolute Gasteiger partial charge is 0.462 e. The van der Waals surface area contributed by atoms with E-state index < -0.39 is 90.8 Å². The number of hydrogen-bond acceptors (Lipinski definition) is 14. The van der Waals surface area contributed by atoms with Crippen LogP contribution in [0.2, 0.25) is 0 Å². The average molecular weight is 899 g/mol. The topological polar surface area (TPSA) is 170 Å². The number of rotatable bonds is 7. The molecule has 3 N–H and O–H groups in total. The summed E-state index contributed by atoms with van der Waals surface area (Å²) in [6.07, 6.45) is 13.8. The molecule has 4 saturated heterocycles. The zero-order valence-electron chi connectivity index (χ0n) is 39.0. The Balaban J connectivity index is 1.08. The summed E-state index contributed by atoms with van der Waals surface area (Å²) in [7, 11) is 3.23. The van der Waals surface area contributed by atoms with Crippen LogP contribution < -0.4 is 0 Å². The van der Waals surface area contributed by atoms with Crippen molar-refractivity contribution in [1.29, 1.82) is 0 Å². The summed E-state index contributed by atoms with van der Waals surface area (Å²) in [5.74, 6) is -2.32. The van der Waals surface area contributed by atoms with Gasteiger partial charge in [-0.25, -0.2) is 0 Å². The number of allylic oxidation sites excluding steroid dienone is 2. The number of ether oxygens (including phenoxy) is 10. The van der Waals surface area contributed by atoms with Gasteiger partial charge in [0.15, 0.2) is 18.4 Å². The van der Waals surface area contributed by atoms with E-state index in [4.69, 9.17) is 47.4 Å². The second kappa shape index (κ2) is 20.1. The average Bonchev–Trinajstić information content (AvgIpc) is 3.62. The molecular weight excluding hydrogens is 825 g/mol. The highest BCUT2D eigenvalue weighted by atomic mass is 16.7. The quantitative estimate of drug-likeness (QED) is 0.204. The second-order valence-corrected chi connectivity index (χ2v) is 20.0. The van der Waals surface area contributed by atoms with Gasteiger partial charge >= 0.3 is 5.97 Å². The first-order valence-corrected chi connectivity index (χ1v) is 24.0. The molecule has 5 fully saturated rings. The molecule has 6 aliphatic heterocycles. The van der Waals surface area contributed by atoms with Crippen LogP contribution in [0.1, 0.15) is 106 Å². The molecule has 0 aromatic carbocycles. The predicted octanol–water partition coefficient (Wildman–Crippen LogP) is 5.91. The van der Waals surface area contributed by atoms with Crippen LogP contribution in [0.25, 0.3) is 0 Å². The second-order valence-electron chi connectivity index (χ2n) is 20.0. The third-order valence-electron chi connectivity index (χ3n) is 15.4. The first-order chi connectivity index (χ1) is 30.6. The Hall–Kier alpha value is -2.31. The lowest BCUT2D eigenvalue weighted by Crippen LogP contribution is -2.58. The molecule has 64 heavy (non-hydrogen) atoms. The molecule has 2 bridgehead atoms. The summed E-state index contributed by atoms with van der Waals surface area (Å²) in [6.45, 7) is 11.9. The molecule has 0 unspecified atom stereocenters. The summed E-state index contributed by atoms with van der Waals surface area (Å²) < 4.78 is 64.1. The molecule has 14 nitrogen and oxygen atoms in total. The molecule has 8 rings (SSSR count). The molecule has 0 radical (unpaired) electrons. The number of esters is 1. The highest BCUT2D eigenvalue weighted by molar-refractivity contribution is 5.78. The SMILES string of the molecule is CO[C@H]1C[C@@H](O[C@@H]2C(C)=CC[C@H]3C[C@@H](C[C@]4(C=C[C@H](C)[C@H](C5CCCCC5)O4)O3)OC(=O)[C@@H]3C=C(C)[C@H](O)[C@@H]4OCC(=CC=C[C@@H]2C)[C@]34O)O[C@@H](C)[C@H]1O[C@H]1C[C@@H](OC)[C@@H](O)[C@H](C)O1. The lowest BCUT2D eigenvalue weighted by atomic mass is 9.71. The third-order valence-corrected chi connectivity index (χ3v) is 15.4. The molecule has 14 heteroatoms. The summed E-state index contributed by atoms with van der Waals surface area (Å²) >= 11 is 0.